The van der Waals surface area contributed by atoms with Crippen LogP contribution in [0.25, 0.3) is 0 Å². The van der Waals surface area contributed by atoms with Crippen LogP contribution in [0.1, 0.15) is 12.0 Å². The van der Waals surface area contributed by atoms with Gasteiger partial charge in [0.1, 0.15) is 0 Å². The molecule has 0 radical (unpaired) electrons. The van der Waals surface area contributed by atoms with E-state index in [4.69, 9.17) is 0 Å². The molecule has 3 rings (SSSR count). The van der Waals surface area contributed by atoms with Gasteiger partial charge in [0.05, 0.1) is 0 Å². The molecule has 152 valence electrons. The molecule has 28 heavy (non-hydrogen) atoms. The summed E-state index contributed by atoms with van der Waals surface area (Å²) in [5.74, 6) is 0.889. The molecular weight excluding hydrogens is 461 g/mol. The smallest absolute Gasteiger partial charge is 0.191 e. The van der Waals surface area contributed by atoms with Crippen molar-refractivity contribution in [3.8, 4) is 0 Å². The Morgan fingerprint density at radius 3 is 2.46 bits per heavy atom. The fourth-order valence-electron chi connectivity index (χ4n) is 3.43. The lowest BCUT2D eigenvalue weighted by atomic mass is 10.1. The second kappa shape index (κ2) is 11.1. The van der Waals surface area contributed by atoms with E-state index in [1.165, 1.54) is 16.9 Å². The van der Waals surface area contributed by atoms with Gasteiger partial charge in [0.15, 0.2) is 5.96 Å². The van der Waals surface area contributed by atoms with E-state index in [1.54, 1.807) is 0 Å². The summed E-state index contributed by atoms with van der Waals surface area (Å²) in [6.07, 6.45) is 2.11. The molecule has 5 nitrogen and oxygen atoms in total. The predicted octanol–water partition coefficient (Wildman–Crippen LogP) is 3.36. The van der Waals surface area contributed by atoms with E-state index >= 15 is 0 Å². The zero-order valence-electron chi connectivity index (χ0n) is 17.1. The van der Waals surface area contributed by atoms with Gasteiger partial charge in [0.2, 0.25) is 0 Å². The van der Waals surface area contributed by atoms with Crippen molar-refractivity contribution in [2.75, 3.05) is 50.6 Å². The quantitative estimate of drug-likeness (QED) is 0.368. The highest BCUT2D eigenvalue weighted by Crippen LogP contribution is 2.19. The van der Waals surface area contributed by atoms with Crippen LogP contribution in [0, 0.1) is 0 Å². The van der Waals surface area contributed by atoms with Crippen LogP contribution in [0.15, 0.2) is 59.6 Å². The van der Waals surface area contributed by atoms with Crippen molar-refractivity contribution in [3.05, 3.63) is 60.2 Å². The number of guanidine groups is 1. The summed E-state index contributed by atoms with van der Waals surface area (Å²) in [5, 5.41) is 7.01. The summed E-state index contributed by atoms with van der Waals surface area (Å²) >= 11 is 0. The third-order valence-electron chi connectivity index (χ3n) is 5.03. The summed E-state index contributed by atoms with van der Waals surface area (Å²) in [7, 11) is 5.97. The molecule has 1 fully saturated rings. The predicted molar refractivity (Wildman–Crippen MR) is 131 cm³/mol. The fraction of sp³-hybridized carbons (Fsp3) is 0.409. The standard InChI is InChI=1S/C22H31N5.HI/c1-23-22(24-15-13-18-9-11-20(12-10-18)26(2)3)25-19-14-16-27(17-19)21-7-5-4-6-8-21;/h4-12,19H,13-17H2,1-3H3,(H2,23,24,25);1H. The first-order valence-electron chi connectivity index (χ1n) is 9.69. The number of nitrogens with one attached hydrogen (secondary N) is 2. The van der Waals surface area contributed by atoms with Crippen LogP contribution >= 0.6 is 24.0 Å². The zero-order chi connectivity index (χ0) is 19.1. The molecule has 0 spiro atoms. The van der Waals surface area contributed by atoms with Crippen LogP contribution in [-0.4, -0.2) is 52.8 Å². The molecule has 0 saturated carbocycles. The van der Waals surface area contributed by atoms with Crippen molar-refractivity contribution in [3.63, 3.8) is 0 Å². The normalized spacial score (nSPS) is 16.5. The number of nitrogens with zero attached hydrogens (tertiary/aromatic N) is 3. The number of hydrogen-bond donors (Lipinski definition) is 2. The van der Waals surface area contributed by atoms with Gasteiger partial charge in [0, 0.05) is 58.2 Å². The van der Waals surface area contributed by atoms with Crippen molar-refractivity contribution in [1.82, 2.24) is 10.6 Å². The molecule has 1 heterocycles. The molecule has 1 aliphatic rings. The summed E-state index contributed by atoms with van der Waals surface area (Å²) in [6.45, 7) is 2.96. The molecule has 1 unspecified atom stereocenters. The van der Waals surface area contributed by atoms with Gasteiger partial charge in [-0.3, -0.25) is 4.99 Å². The van der Waals surface area contributed by atoms with E-state index in [9.17, 15) is 0 Å². The maximum atomic E-state index is 4.39. The van der Waals surface area contributed by atoms with Crippen molar-refractivity contribution in [1.29, 1.82) is 0 Å². The van der Waals surface area contributed by atoms with E-state index in [2.05, 4.69) is 94.1 Å². The SMILES string of the molecule is CN=C(NCCc1ccc(N(C)C)cc1)NC1CCN(c2ccccc2)C1.I. The molecule has 0 aromatic heterocycles. The van der Waals surface area contributed by atoms with E-state index in [0.29, 0.717) is 6.04 Å². The minimum atomic E-state index is 0. The highest BCUT2D eigenvalue weighted by atomic mass is 127. The molecule has 6 heteroatoms. The minimum absolute atomic E-state index is 0. The lowest BCUT2D eigenvalue weighted by Gasteiger charge is -2.20. The molecule has 1 saturated heterocycles. The highest BCUT2D eigenvalue weighted by molar-refractivity contribution is 14.0. The average Bonchev–Trinajstić information content (AvgIpc) is 3.17. The van der Waals surface area contributed by atoms with Crippen molar-refractivity contribution < 1.29 is 0 Å². The second-order valence-electron chi connectivity index (χ2n) is 7.22. The van der Waals surface area contributed by atoms with Crippen LogP contribution in [0.2, 0.25) is 0 Å². The zero-order valence-corrected chi connectivity index (χ0v) is 19.4. The molecule has 1 aliphatic heterocycles. The van der Waals surface area contributed by atoms with Gasteiger partial charge in [-0.15, -0.1) is 24.0 Å². The van der Waals surface area contributed by atoms with E-state index < -0.39 is 0 Å². The first-order chi connectivity index (χ1) is 13.2. The maximum absolute atomic E-state index is 4.39. The number of aliphatic imine (C=N–C) groups is 1. The molecule has 0 aliphatic carbocycles. The van der Waals surface area contributed by atoms with E-state index in [0.717, 1.165) is 38.4 Å². The Bertz CT molecular complexity index is 730. The van der Waals surface area contributed by atoms with Gasteiger partial charge in [-0.25, -0.2) is 0 Å². The van der Waals surface area contributed by atoms with Crippen molar-refractivity contribution in [2.24, 2.45) is 4.99 Å². The minimum Gasteiger partial charge on any atom is -0.378 e. The third kappa shape index (κ3) is 6.29. The first kappa shape index (κ1) is 22.3. The Kier molecular flexibility index (Phi) is 8.89. The van der Waals surface area contributed by atoms with Crippen LogP contribution in [-0.2, 0) is 6.42 Å². The van der Waals surface area contributed by atoms with E-state index in [1.807, 2.05) is 7.05 Å². The van der Waals surface area contributed by atoms with Crippen LogP contribution < -0.4 is 20.4 Å². The molecule has 2 aromatic carbocycles. The fourth-order valence-corrected chi connectivity index (χ4v) is 3.43. The number of anilines is 2. The molecule has 0 amide bonds. The Morgan fingerprint density at radius 2 is 1.82 bits per heavy atom. The Hall–Kier alpha value is -1.96. The lowest BCUT2D eigenvalue weighted by Crippen LogP contribution is -2.45. The first-order valence-corrected chi connectivity index (χ1v) is 9.69. The lowest BCUT2D eigenvalue weighted by molar-refractivity contribution is 0.648. The number of halogens is 1. The maximum Gasteiger partial charge on any atom is 0.191 e. The Morgan fingerprint density at radius 1 is 1.11 bits per heavy atom. The summed E-state index contributed by atoms with van der Waals surface area (Å²) in [4.78, 5) is 8.93. The monoisotopic (exact) mass is 493 g/mol. The van der Waals surface area contributed by atoms with Gasteiger partial charge in [-0.05, 0) is 42.7 Å². The third-order valence-corrected chi connectivity index (χ3v) is 5.03. The largest absolute Gasteiger partial charge is 0.378 e. The molecule has 2 aromatic rings. The number of para-hydroxylation sites is 1. The number of benzene rings is 2. The molecule has 2 N–H and O–H groups in total. The van der Waals surface area contributed by atoms with Crippen molar-refractivity contribution in [2.45, 2.75) is 18.9 Å². The molecule has 1 atom stereocenters. The van der Waals surface area contributed by atoms with Gasteiger partial charge < -0.3 is 20.4 Å². The van der Waals surface area contributed by atoms with E-state index in [-0.39, 0.29) is 24.0 Å². The molecule has 0 bridgehead atoms. The summed E-state index contributed by atoms with van der Waals surface area (Å²) < 4.78 is 0. The Labute approximate surface area is 186 Å². The Balaban J connectivity index is 0.00000280. The van der Waals surface area contributed by atoms with Crippen molar-refractivity contribution >= 4 is 41.3 Å². The number of rotatable bonds is 6. The van der Waals surface area contributed by atoms with Crippen LogP contribution in [0.5, 0.6) is 0 Å². The topological polar surface area (TPSA) is 42.9 Å². The van der Waals surface area contributed by atoms with Gasteiger partial charge in [0.25, 0.3) is 0 Å². The van der Waals surface area contributed by atoms with Gasteiger partial charge >= 0.3 is 0 Å². The number of hydrogen-bond acceptors (Lipinski definition) is 3. The van der Waals surface area contributed by atoms with Gasteiger partial charge in [-0.1, -0.05) is 30.3 Å². The van der Waals surface area contributed by atoms with Crippen LogP contribution in [0.3, 0.4) is 0 Å². The van der Waals surface area contributed by atoms with Crippen LogP contribution in [0.4, 0.5) is 11.4 Å². The molecular formula is C22H32IN5. The second-order valence-corrected chi connectivity index (χ2v) is 7.22. The van der Waals surface area contributed by atoms with Gasteiger partial charge in [-0.2, -0.15) is 0 Å². The summed E-state index contributed by atoms with van der Waals surface area (Å²) in [6, 6.07) is 19.8. The highest BCUT2D eigenvalue weighted by Gasteiger charge is 2.23. The average molecular weight is 493 g/mol. The summed E-state index contributed by atoms with van der Waals surface area (Å²) in [5.41, 5.74) is 3.86.